The SMILES string of the molecule is CN(CC(=O)O)S(=O)(=O)CCC(C)(C)F. The van der Waals surface area contributed by atoms with Gasteiger partial charge in [0.2, 0.25) is 10.0 Å². The Labute approximate surface area is 88.9 Å². The molecule has 0 aliphatic heterocycles. The minimum atomic E-state index is -3.68. The fraction of sp³-hybridized carbons (Fsp3) is 0.875. The molecule has 90 valence electrons. The van der Waals surface area contributed by atoms with E-state index in [-0.39, 0.29) is 12.2 Å². The number of aliphatic carboxylic acids is 1. The molecule has 1 N–H and O–H groups in total. The second kappa shape index (κ2) is 4.89. The number of hydrogen-bond acceptors (Lipinski definition) is 3. The molecule has 0 aromatic heterocycles. The first-order chi connectivity index (χ1) is 6.54. The number of carboxylic acids is 1. The standard InChI is InChI=1S/C8H16FNO4S/c1-8(2,9)4-5-15(13,14)10(3)6-7(11)12/h4-6H2,1-3H3,(H,11,12). The van der Waals surface area contributed by atoms with Gasteiger partial charge in [0.25, 0.3) is 0 Å². The van der Waals surface area contributed by atoms with E-state index in [2.05, 4.69) is 0 Å². The average Bonchev–Trinajstić information content (AvgIpc) is 1.98. The van der Waals surface area contributed by atoms with Crippen LogP contribution in [-0.2, 0) is 14.8 Å². The predicted octanol–water partition coefficient (Wildman–Crippen LogP) is 0.471. The molecule has 0 unspecified atom stereocenters. The third-order valence-electron chi connectivity index (χ3n) is 1.79. The number of carboxylic acid groups (broad SMARTS) is 1. The molecular weight excluding hydrogens is 225 g/mol. The molecule has 5 nitrogen and oxygen atoms in total. The van der Waals surface area contributed by atoms with E-state index in [1.54, 1.807) is 0 Å². The Morgan fingerprint density at radius 1 is 1.47 bits per heavy atom. The van der Waals surface area contributed by atoms with Gasteiger partial charge in [-0.15, -0.1) is 0 Å². The maximum atomic E-state index is 13.0. The van der Waals surface area contributed by atoms with Crippen LogP contribution in [-0.4, -0.2) is 48.8 Å². The molecular formula is C8H16FNO4S. The van der Waals surface area contributed by atoms with Gasteiger partial charge in [0.15, 0.2) is 0 Å². The van der Waals surface area contributed by atoms with E-state index < -0.39 is 28.2 Å². The van der Waals surface area contributed by atoms with Crippen LogP contribution in [0.15, 0.2) is 0 Å². The Kier molecular flexibility index (Phi) is 4.66. The number of sulfonamides is 1. The Morgan fingerprint density at radius 2 is 1.93 bits per heavy atom. The zero-order chi connectivity index (χ0) is 12.3. The zero-order valence-electron chi connectivity index (χ0n) is 9.03. The molecule has 0 amide bonds. The smallest absolute Gasteiger partial charge is 0.318 e. The molecule has 0 aliphatic carbocycles. The highest BCUT2D eigenvalue weighted by Crippen LogP contribution is 2.15. The van der Waals surface area contributed by atoms with Crippen molar-refractivity contribution < 1.29 is 22.7 Å². The van der Waals surface area contributed by atoms with Crippen molar-refractivity contribution in [2.24, 2.45) is 0 Å². The molecule has 0 atom stereocenters. The molecule has 0 spiro atoms. The molecule has 0 fully saturated rings. The van der Waals surface area contributed by atoms with Gasteiger partial charge < -0.3 is 5.11 Å². The zero-order valence-corrected chi connectivity index (χ0v) is 9.84. The summed E-state index contributed by atoms with van der Waals surface area (Å²) < 4.78 is 36.6. The topological polar surface area (TPSA) is 74.7 Å². The minimum absolute atomic E-state index is 0.153. The molecule has 0 saturated heterocycles. The third kappa shape index (κ3) is 6.40. The molecule has 0 rings (SSSR count). The summed E-state index contributed by atoms with van der Waals surface area (Å²) in [5.41, 5.74) is -1.57. The Bertz CT molecular complexity index is 320. The number of rotatable bonds is 6. The van der Waals surface area contributed by atoms with Crippen molar-refractivity contribution in [3.8, 4) is 0 Å². The first kappa shape index (κ1) is 14.3. The summed E-state index contributed by atoms with van der Waals surface area (Å²) >= 11 is 0. The summed E-state index contributed by atoms with van der Waals surface area (Å²) in [7, 11) is -2.51. The quantitative estimate of drug-likeness (QED) is 0.733. The highest BCUT2D eigenvalue weighted by Gasteiger charge is 2.24. The Balaban J connectivity index is 4.37. The number of likely N-dealkylation sites (N-methyl/N-ethyl adjacent to an activating group) is 1. The van der Waals surface area contributed by atoms with E-state index in [9.17, 15) is 17.6 Å². The molecule has 0 aliphatic rings. The first-order valence-corrected chi connectivity index (χ1v) is 6.00. The van der Waals surface area contributed by atoms with Crippen molar-refractivity contribution in [1.82, 2.24) is 4.31 Å². The number of halogens is 1. The van der Waals surface area contributed by atoms with Crippen molar-refractivity contribution in [3.63, 3.8) is 0 Å². The molecule has 7 heteroatoms. The van der Waals surface area contributed by atoms with Gasteiger partial charge in [-0.05, 0) is 20.3 Å². The van der Waals surface area contributed by atoms with E-state index in [0.717, 1.165) is 7.05 Å². The highest BCUT2D eigenvalue weighted by atomic mass is 32.2. The fourth-order valence-corrected chi connectivity index (χ4v) is 2.18. The van der Waals surface area contributed by atoms with Crippen LogP contribution in [0.2, 0.25) is 0 Å². The highest BCUT2D eigenvalue weighted by molar-refractivity contribution is 7.89. The van der Waals surface area contributed by atoms with Gasteiger partial charge in [-0.3, -0.25) is 4.79 Å². The molecule has 0 heterocycles. The molecule has 0 radical (unpaired) electrons. The van der Waals surface area contributed by atoms with Gasteiger partial charge in [-0.2, -0.15) is 4.31 Å². The van der Waals surface area contributed by atoms with Crippen molar-refractivity contribution in [3.05, 3.63) is 0 Å². The average molecular weight is 241 g/mol. The Hall–Kier alpha value is -0.690. The lowest BCUT2D eigenvalue weighted by Crippen LogP contribution is -2.35. The van der Waals surface area contributed by atoms with Crippen LogP contribution in [0.5, 0.6) is 0 Å². The summed E-state index contributed by atoms with van der Waals surface area (Å²) in [5.74, 6) is -1.62. The maximum Gasteiger partial charge on any atom is 0.318 e. The second-order valence-electron chi connectivity index (χ2n) is 3.93. The summed E-state index contributed by atoms with van der Waals surface area (Å²) in [5, 5.41) is 8.40. The maximum absolute atomic E-state index is 13.0. The minimum Gasteiger partial charge on any atom is -0.480 e. The van der Waals surface area contributed by atoms with Crippen LogP contribution >= 0.6 is 0 Å². The van der Waals surface area contributed by atoms with E-state index in [4.69, 9.17) is 5.11 Å². The van der Waals surface area contributed by atoms with Crippen LogP contribution in [0.4, 0.5) is 4.39 Å². The van der Waals surface area contributed by atoms with Crippen LogP contribution in [0.3, 0.4) is 0 Å². The van der Waals surface area contributed by atoms with Gasteiger partial charge >= 0.3 is 5.97 Å². The molecule has 15 heavy (non-hydrogen) atoms. The number of hydrogen-bond donors (Lipinski definition) is 1. The number of alkyl halides is 1. The predicted molar refractivity (Wildman–Crippen MR) is 53.9 cm³/mol. The van der Waals surface area contributed by atoms with E-state index in [1.165, 1.54) is 13.8 Å². The second-order valence-corrected chi connectivity index (χ2v) is 6.13. The van der Waals surface area contributed by atoms with E-state index >= 15 is 0 Å². The largest absolute Gasteiger partial charge is 0.480 e. The van der Waals surface area contributed by atoms with Gasteiger partial charge in [-0.25, -0.2) is 12.8 Å². The van der Waals surface area contributed by atoms with Gasteiger partial charge in [0.1, 0.15) is 12.2 Å². The summed E-state index contributed by atoms with van der Waals surface area (Å²) in [6, 6.07) is 0. The van der Waals surface area contributed by atoms with Crippen LogP contribution in [0.1, 0.15) is 20.3 Å². The van der Waals surface area contributed by atoms with Gasteiger partial charge in [-0.1, -0.05) is 0 Å². The Morgan fingerprint density at radius 3 is 2.27 bits per heavy atom. The van der Waals surface area contributed by atoms with Crippen molar-refractivity contribution in [2.45, 2.75) is 25.9 Å². The molecule has 0 bridgehead atoms. The fourth-order valence-electron chi connectivity index (χ4n) is 0.816. The monoisotopic (exact) mass is 241 g/mol. The van der Waals surface area contributed by atoms with Gasteiger partial charge in [0.05, 0.1) is 5.75 Å². The van der Waals surface area contributed by atoms with Crippen LogP contribution in [0, 0.1) is 0 Å². The first-order valence-electron chi connectivity index (χ1n) is 4.39. The van der Waals surface area contributed by atoms with E-state index in [0.29, 0.717) is 4.31 Å². The summed E-state index contributed by atoms with van der Waals surface area (Å²) in [6.07, 6.45) is -0.153. The lowest BCUT2D eigenvalue weighted by Gasteiger charge is -2.18. The van der Waals surface area contributed by atoms with Crippen molar-refractivity contribution in [1.29, 1.82) is 0 Å². The van der Waals surface area contributed by atoms with E-state index in [1.807, 2.05) is 0 Å². The van der Waals surface area contributed by atoms with Crippen LogP contribution < -0.4 is 0 Å². The van der Waals surface area contributed by atoms with Crippen LogP contribution in [0.25, 0.3) is 0 Å². The molecule has 0 aromatic rings. The third-order valence-corrected chi connectivity index (χ3v) is 3.59. The lowest BCUT2D eigenvalue weighted by molar-refractivity contribution is -0.137. The summed E-state index contributed by atoms with van der Waals surface area (Å²) in [6.45, 7) is 1.95. The number of nitrogens with zero attached hydrogens (tertiary/aromatic N) is 1. The summed E-state index contributed by atoms with van der Waals surface area (Å²) in [4.78, 5) is 10.3. The van der Waals surface area contributed by atoms with Gasteiger partial charge in [0, 0.05) is 7.05 Å². The molecule has 0 saturated carbocycles. The van der Waals surface area contributed by atoms with Crippen molar-refractivity contribution >= 4 is 16.0 Å². The molecule has 0 aromatic carbocycles. The lowest BCUT2D eigenvalue weighted by atomic mass is 10.1. The van der Waals surface area contributed by atoms with Crippen molar-refractivity contribution in [2.75, 3.05) is 19.3 Å². The normalized spacial score (nSPS) is 13.1. The number of carbonyl (C=O) groups is 1.